The Morgan fingerprint density at radius 3 is 2.95 bits per heavy atom. The lowest BCUT2D eigenvalue weighted by Gasteiger charge is -2.28. The van der Waals surface area contributed by atoms with Gasteiger partial charge in [0.25, 0.3) is 0 Å². The zero-order chi connectivity index (χ0) is 13.8. The van der Waals surface area contributed by atoms with E-state index in [0.29, 0.717) is 5.92 Å². The topological polar surface area (TPSA) is 41.1 Å². The SMILES string of the molecule is CCC1CCNC(C(=O)Nc2cc(C)cc(Br)c2)C1. The third-order valence-corrected chi connectivity index (χ3v) is 4.17. The molecule has 0 radical (unpaired) electrons. The average molecular weight is 325 g/mol. The quantitative estimate of drug-likeness (QED) is 0.893. The first-order valence-corrected chi connectivity index (χ1v) is 7.69. The molecule has 2 atom stereocenters. The van der Waals surface area contributed by atoms with E-state index >= 15 is 0 Å². The predicted molar refractivity (Wildman–Crippen MR) is 82.3 cm³/mol. The number of aryl methyl sites for hydroxylation is 1. The minimum atomic E-state index is -0.0574. The van der Waals surface area contributed by atoms with Gasteiger partial charge in [0, 0.05) is 10.2 Å². The molecule has 0 aliphatic carbocycles. The molecule has 0 saturated carbocycles. The van der Waals surface area contributed by atoms with E-state index in [9.17, 15) is 4.79 Å². The molecule has 1 heterocycles. The Balaban J connectivity index is 2.00. The molecule has 2 N–H and O–H groups in total. The smallest absolute Gasteiger partial charge is 0.241 e. The second-order valence-corrected chi connectivity index (χ2v) is 6.23. The Bertz CT molecular complexity index is 441. The number of hydrogen-bond acceptors (Lipinski definition) is 2. The lowest BCUT2D eigenvalue weighted by molar-refractivity contribution is -0.119. The number of benzene rings is 1. The first kappa shape index (κ1) is 14.5. The maximum atomic E-state index is 12.3. The summed E-state index contributed by atoms with van der Waals surface area (Å²) in [6.07, 6.45) is 3.27. The minimum Gasteiger partial charge on any atom is -0.325 e. The van der Waals surface area contributed by atoms with E-state index in [2.05, 4.69) is 33.5 Å². The minimum absolute atomic E-state index is 0.0574. The van der Waals surface area contributed by atoms with Crippen LogP contribution in [0.25, 0.3) is 0 Å². The third-order valence-electron chi connectivity index (χ3n) is 3.72. The maximum Gasteiger partial charge on any atom is 0.241 e. The Morgan fingerprint density at radius 2 is 2.26 bits per heavy atom. The zero-order valence-electron chi connectivity index (χ0n) is 11.5. The van der Waals surface area contributed by atoms with Crippen molar-refractivity contribution < 1.29 is 4.79 Å². The number of carbonyl (C=O) groups excluding carboxylic acids is 1. The number of nitrogens with one attached hydrogen (secondary N) is 2. The molecule has 1 aromatic carbocycles. The van der Waals surface area contributed by atoms with Gasteiger partial charge in [-0.2, -0.15) is 0 Å². The second kappa shape index (κ2) is 6.53. The molecular formula is C15H21BrN2O. The largest absolute Gasteiger partial charge is 0.325 e. The summed E-state index contributed by atoms with van der Waals surface area (Å²) in [5.74, 6) is 0.747. The van der Waals surface area contributed by atoms with Gasteiger partial charge in [-0.3, -0.25) is 4.79 Å². The van der Waals surface area contributed by atoms with Crippen molar-refractivity contribution in [3.05, 3.63) is 28.2 Å². The van der Waals surface area contributed by atoms with E-state index in [1.165, 1.54) is 6.42 Å². The van der Waals surface area contributed by atoms with Crippen molar-refractivity contribution in [1.29, 1.82) is 0 Å². The van der Waals surface area contributed by atoms with Crippen molar-refractivity contribution in [3.63, 3.8) is 0 Å². The molecule has 4 heteroatoms. The number of rotatable bonds is 3. The summed E-state index contributed by atoms with van der Waals surface area (Å²) in [7, 11) is 0. The Kier molecular flexibility index (Phi) is 4.99. The summed E-state index contributed by atoms with van der Waals surface area (Å²) in [6.45, 7) is 5.16. The van der Waals surface area contributed by atoms with Crippen molar-refractivity contribution >= 4 is 27.5 Å². The summed E-state index contributed by atoms with van der Waals surface area (Å²) >= 11 is 3.45. The van der Waals surface area contributed by atoms with Gasteiger partial charge >= 0.3 is 0 Å². The highest BCUT2D eigenvalue weighted by molar-refractivity contribution is 9.10. The summed E-state index contributed by atoms with van der Waals surface area (Å²) in [6, 6.07) is 5.90. The Hall–Kier alpha value is -0.870. The number of carbonyl (C=O) groups is 1. The fourth-order valence-corrected chi connectivity index (χ4v) is 3.21. The zero-order valence-corrected chi connectivity index (χ0v) is 13.1. The van der Waals surface area contributed by atoms with Crippen LogP contribution in [-0.2, 0) is 4.79 Å². The molecule has 2 unspecified atom stereocenters. The molecule has 0 aromatic heterocycles. The molecular weight excluding hydrogens is 304 g/mol. The standard InChI is InChI=1S/C15H21BrN2O/c1-3-11-4-5-17-14(8-11)15(19)18-13-7-10(2)6-12(16)9-13/h6-7,9,11,14,17H,3-5,8H2,1-2H3,(H,18,19). The van der Waals surface area contributed by atoms with Gasteiger partial charge in [0.1, 0.15) is 0 Å². The van der Waals surface area contributed by atoms with Gasteiger partial charge in [0.15, 0.2) is 0 Å². The van der Waals surface area contributed by atoms with Gasteiger partial charge in [0.05, 0.1) is 6.04 Å². The fraction of sp³-hybridized carbons (Fsp3) is 0.533. The normalized spacial score (nSPS) is 23.1. The molecule has 1 aliphatic heterocycles. The van der Waals surface area contributed by atoms with Crippen LogP contribution in [0, 0.1) is 12.8 Å². The van der Waals surface area contributed by atoms with Crippen LogP contribution in [0.15, 0.2) is 22.7 Å². The summed E-state index contributed by atoms with van der Waals surface area (Å²) < 4.78 is 0.992. The number of anilines is 1. The average Bonchev–Trinajstić information content (AvgIpc) is 2.37. The molecule has 1 aromatic rings. The predicted octanol–water partition coefficient (Wildman–Crippen LogP) is 3.47. The van der Waals surface area contributed by atoms with Gasteiger partial charge in [0.2, 0.25) is 5.91 Å². The van der Waals surface area contributed by atoms with E-state index in [1.54, 1.807) is 0 Å². The maximum absolute atomic E-state index is 12.3. The van der Waals surface area contributed by atoms with Crippen LogP contribution in [0.5, 0.6) is 0 Å². The van der Waals surface area contributed by atoms with Crippen LogP contribution in [0.4, 0.5) is 5.69 Å². The molecule has 104 valence electrons. The van der Waals surface area contributed by atoms with Gasteiger partial charge < -0.3 is 10.6 Å². The highest BCUT2D eigenvalue weighted by Crippen LogP contribution is 2.22. The molecule has 1 saturated heterocycles. The monoisotopic (exact) mass is 324 g/mol. The highest BCUT2D eigenvalue weighted by atomic mass is 79.9. The van der Waals surface area contributed by atoms with E-state index in [4.69, 9.17) is 0 Å². The van der Waals surface area contributed by atoms with Crippen LogP contribution >= 0.6 is 15.9 Å². The van der Waals surface area contributed by atoms with E-state index in [-0.39, 0.29) is 11.9 Å². The Labute approximate surface area is 123 Å². The van der Waals surface area contributed by atoms with E-state index in [0.717, 1.165) is 35.1 Å². The van der Waals surface area contributed by atoms with Crippen LogP contribution in [0.2, 0.25) is 0 Å². The molecule has 1 fully saturated rings. The molecule has 3 nitrogen and oxygen atoms in total. The van der Waals surface area contributed by atoms with Crippen molar-refractivity contribution in [3.8, 4) is 0 Å². The van der Waals surface area contributed by atoms with Crippen molar-refractivity contribution in [2.75, 3.05) is 11.9 Å². The van der Waals surface area contributed by atoms with Gasteiger partial charge in [-0.15, -0.1) is 0 Å². The molecule has 2 rings (SSSR count). The number of piperidine rings is 1. The van der Waals surface area contributed by atoms with Gasteiger partial charge in [-0.1, -0.05) is 29.3 Å². The van der Waals surface area contributed by atoms with Crippen molar-refractivity contribution in [2.45, 2.75) is 39.2 Å². The molecule has 0 bridgehead atoms. The lowest BCUT2D eigenvalue weighted by atomic mass is 9.90. The summed E-state index contributed by atoms with van der Waals surface area (Å²) in [5, 5.41) is 6.32. The van der Waals surface area contributed by atoms with E-state index < -0.39 is 0 Å². The Morgan fingerprint density at radius 1 is 1.47 bits per heavy atom. The number of halogens is 1. The van der Waals surface area contributed by atoms with Crippen LogP contribution in [0.3, 0.4) is 0 Å². The number of hydrogen-bond donors (Lipinski definition) is 2. The molecule has 0 spiro atoms. The van der Waals surface area contributed by atoms with Gasteiger partial charge in [-0.25, -0.2) is 0 Å². The van der Waals surface area contributed by atoms with Gasteiger partial charge in [-0.05, 0) is 56.0 Å². The lowest BCUT2D eigenvalue weighted by Crippen LogP contribution is -2.46. The highest BCUT2D eigenvalue weighted by Gasteiger charge is 2.25. The summed E-state index contributed by atoms with van der Waals surface area (Å²) in [5.41, 5.74) is 1.99. The van der Waals surface area contributed by atoms with Crippen LogP contribution in [-0.4, -0.2) is 18.5 Å². The fourth-order valence-electron chi connectivity index (χ4n) is 2.60. The third kappa shape index (κ3) is 4.05. The summed E-state index contributed by atoms with van der Waals surface area (Å²) in [4.78, 5) is 12.3. The van der Waals surface area contributed by atoms with Crippen molar-refractivity contribution in [1.82, 2.24) is 5.32 Å². The molecule has 1 aliphatic rings. The van der Waals surface area contributed by atoms with Crippen LogP contribution < -0.4 is 10.6 Å². The molecule has 1 amide bonds. The van der Waals surface area contributed by atoms with Crippen LogP contribution in [0.1, 0.15) is 31.7 Å². The second-order valence-electron chi connectivity index (χ2n) is 5.31. The molecule has 19 heavy (non-hydrogen) atoms. The number of amides is 1. The first-order valence-electron chi connectivity index (χ1n) is 6.90. The van der Waals surface area contributed by atoms with Crippen molar-refractivity contribution in [2.24, 2.45) is 5.92 Å². The first-order chi connectivity index (χ1) is 9.08. The van der Waals surface area contributed by atoms with E-state index in [1.807, 2.05) is 25.1 Å².